The molecular formula is C33H38N2O2. The number of hydrogen-bond acceptors (Lipinski definition) is 4. The van der Waals surface area contributed by atoms with Crippen LogP contribution < -0.4 is 20.1 Å². The summed E-state index contributed by atoms with van der Waals surface area (Å²) in [5, 5.41) is 6.88. The molecule has 192 valence electrons. The molecule has 0 aliphatic heterocycles. The topological polar surface area (TPSA) is 42.5 Å². The van der Waals surface area contributed by atoms with Crippen LogP contribution in [-0.2, 0) is 19.3 Å². The monoisotopic (exact) mass is 494 g/mol. The first kappa shape index (κ1) is 26.5. The van der Waals surface area contributed by atoms with Gasteiger partial charge in [0.25, 0.3) is 0 Å². The second kappa shape index (κ2) is 15.5. The molecule has 2 N–H and O–H groups in total. The first-order valence-electron chi connectivity index (χ1n) is 13.3. The van der Waals surface area contributed by atoms with Gasteiger partial charge >= 0.3 is 0 Å². The number of nitrogens with one attached hydrogen (secondary N) is 2. The standard InChI is InChI=1S/C33H38N2O2/c1-3-7-28(8-4-1)19-21-34-23-25-36-32-15-11-30(12-16-32)27-31-13-17-33(18-14-31)37-26-24-35-22-20-29-9-5-2-6-10-29/h1-18,34-35H,19-27H2. The average molecular weight is 495 g/mol. The Hall–Kier alpha value is -3.60. The quantitative estimate of drug-likeness (QED) is 0.196. The predicted octanol–water partition coefficient (Wildman–Crippen LogP) is 5.70. The zero-order chi connectivity index (χ0) is 25.4. The van der Waals surface area contributed by atoms with Gasteiger partial charge in [-0.15, -0.1) is 0 Å². The highest BCUT2D eigenvalue weighted by Crippen LogP contribution is 2.18. The van der Waals surface area contributed by atoms with Gasteiger partial charge in [0.2, 0.25) is 0 Å². The number of hydrogen-bond donors (Lipinski definition) is 2. The van der Waals surface area contributed by atoms with Crippen LogP contribution in [-0.4, -0.2) is 39.4 Å². The number of rotatable bonds is 16. The van der Waals surface area contributed by atoms with E-state index in [1.807, 2.05) is 0 Å². The van der Waals surface area contributed by atoms with Crippen LogP contribution in [0, 0.1) is 0 Å². The van der Waals surface area contributed by atoms with E-state index >= 15 is 0 Å². The molecule has 0 fully saturated rings. The smallest absolute Gasteiger partial charge is 0.119 e. The van der Waals surface area contributed by atoms with Crippen molar-refractivity contribution in [1.82, 2.24) is 10.6 Å². The van der Waals surface area contributed by atoms with Crippen LogP contribution in [0.15, 0.2) is 109 Å². The van der Waals surface area contributed by atoms with Crippen molar-refractivity contribution in [3.63, 3.8) is 0 Å². The van der Waals surface area contributed by atoms with Crippen LogP contribution in [0.3, 0.4) is 0 Å². The lowest BCUT2D eigenvalue weighted by Crippen LogP contribution is -2.23. The fourth-order valence-corrected chi connectivity index (χ4v) is 4.13. The summed E-state index contributed by atoms with van der Waals surface area (Å²) >= 11 is 0. The van der Waals surface area contributed by atoms with Gasteiger partial charge in [0.05, 0.1) is 0 Å². The molecule has 0 aromatic heterocycles. The predicted molar refractivity (Wildman–Crippen MR) is 153 cm³/mol. The largest absolute Gasteiger partial charge is 0.492 e. The molecule has 4 heteroatoms. The lowest BCUT2D eigenvalue weighted by Gasteiger charge is -2.10. The second-order valence-electron chi connectivity index (χ2n) is 9.13. The van der Waals surface area contributed by atoms with Crippen molar-refractivity contribution in [3.05, 3.63) is 131 Å². The summed E-state index contributed by atoms with van der Waals surface area (Å²) < 4.78 is 11.8. The molecule has 4 rings (SSSR count). The second-order valence-corrected chi connectivity index (χ2v) is 9.13. The van der Waals surface area contributed by atoms with Crippen LogP contribution in [0.4, 0.5) is 0 Å². The molecule has 0 bridgehead atoms. The van der Waals surface area contributed by atoms with Gasteiger partial charge in [-0.2, -0.15) is 0 Å². The van der Waals surface area contributed by atoms with E-state index in [9.17, 15) is 0 Å². The van der Waals surface area contributed by atoms with Crippen molar-refractivity contribution in [2.24, 2.45) is 0 Å². The number of benzene rings is 4. The maximum Gasteiger partial charge on any atom is 0.119 e. The summed E-state index contributed by atoms with van der Waals surface area (Å²) in [5.41, 5.74) is 5.25. The van der Waals surface area contributed by atoms with Gasteiger partial charge in [-0.05, 0) is 78.9 Å². The minimum absolute atomic E-state index is 0.665. The Bertz CT molecular complexity index is 1040. The van der Waals surface area contributed by atoms with E-state index in [1.54, 1.807) is 0 Å². The summed E-state index contributed by atoms with van der Waals surface area (Å²) in [5.74, 6) is 1.82. The van der Waals surface area contributed by atoms with Crippen molar-refractivity contribution in [2.75, 3.05) is 39.4 Å². The van der Waals surface area contributed by atoms with E-state index < -0.39 is 0 Å². The molecule has 4 nitrogen and oxygen atoms in total. The highest BCUT2D eigenvalue weighted by molar-refractivity contribution is 5.34. The zero-order valence-electron chi connectivity index (χ0n) is 21.6. The Morgan fingerprint density at radius 3 is 1.22 bits per heavy atom. The van der Waals surface area contributed by atoms with E-state index in [-0.39, 0.29) is 0 Å². The molecule has 0 spiro atoms. The van der Waals surface area contributed by atoms with Crippen LogP contribution in [0.25, 0.3) is 0 Å². The lowest BCUT2D eigenvalue weighted by molar-refractivity contribution is 0.314. The molecule has 4 aromatic carbocycles. The SMILES string of the molecule is c1ccc(CCNCCOc2ccc(Cc3ccc(OCCNCCc4ccccc4)cc3)cc2)cc1. The van der Waals surface area contributed by atoms with Crippen molar-refractivity contribution in [2.45, 2.75) is 19.3 Å². The fraction of sp³-hybridized carbons (Fsp3) is 0.273. The molecule has 0 heterocycles. The first-order chi connectivity index (χ1) is 18.3. The van der Waals surface area contributed by atoms with Gasteiger partial charge in [0.15, 0.2) is 0 Å². The first-order valence-corrected chi connectivity index (χ1v) is 13.3. The molecule has 0 saturated heterocycles. The van der Waals surface area contributed by atoms with Crippen molar-refractivity contribution in [1.29, 1.82) is 0 Å². The molecule has 0 radical (unpaired) electrons. The number of ether oxygens (including phenoxy) is 2. The third kappa shape index (κ3) is 10.1. The minimum atomic E-state index is 0.665. The summed E-state index contributed by atoms with van der Waals surface area (Å²) in [7, 11) is 0. The molecule has 0 unspecified atom stereocenters. The Kier molecular flexibility index (Phi) is 11.1. The molecule has 0 saturated carbocycles. The Morgan fingerprint density at radius 2 is 0.811 bits per heavy atom. The van der Waals surface area contributed by atoms with E-state index in [4.69, 9.17) is 9.47 Å². The molecule has 0 aliphatic rings. The summed E-state index contributed by atoms with van der Waals surface area (Å²) in [6.07, 6.45) is 2.97. The third-order valence-electron chi connectivity index (χ3n) is 6.22. The van der Waals surface area contributed by atoms with E-state index in [0.29, 0.717) is 13.2 Å². The Morgan fingerprint density at radius 1 is 0.405 bits per heavy atom. The minimum Gasteiger partial charge on any atom is -0.492 e. The highest BCUT2D eigenvalue weighted by atomic mass is 16.5. The Labute approximate surface area is 221 Å². The summed E-state index contributed by atoms with van der Waals surface area (Å²) in [4.78, 5) is 0. The summed E-state index contributed by atoms with van der Waals surface area (Å²) in [6.45, 7) is 4.93. The van der Waals surface area contributed by atoms with Gasteiger partial charge in [-0.25, -0.2) is 0 Å². The molecule has 0 atom stereocenters. The van der Waals surface area contributed by atoms with Gasteiger partial charge < -0.3 is 20.1 Å². The average Bonchev–Trinajstić information content (AvgIpc) is 2.95. The molecule has 0 aliphatic carbocycles. The van der Waals surface area contributed by atoms with Crippen molar-refractivity contribution < 1.29 is 9.47 Å². The van der Waals surface area contributed by atoms with E-state index in [2.05, 4.69) is 120 Å². The molecular weight excluding hydrogens is 456 g/mol. The van der Waals surface area contributed by atoms with Gasteiger partial charge in [0.1, 0.15) is 24.7 Å². The molecule has 0 amide bonds. The highest BCUT2D eigenvalue weighted by Gasteiger charge is 2.01. The van der Waals surface area contributed by atoms with Crippen LogP contribution in [0.5, 0.6) is 11.5 Å². The lowest BCUT2D eigenvalue weighted by atomic mass is 10.0. The van der Waals surface area contributed by atoms with Crippen molar-refractivity contribution in [3.8, 4) is 11.5 Å². The molecule has 4 aromatic rings. The fourth-order valence-electron chi connectivity index (χ4n) is 4.13. The van der Waals surface area contributed by atoms with Gasteiger partial charge in [-0.1, -0.05) is 84.9 Å². The van der Waals surface area contributed by atoms with Crippen LogP contribution in [0.2, 0.25) is 0 Å². The summed E-state index contributed by atoms with van der Waals surface area (Å²) in [6, 6.07) is 37.9. The normalized spacial score (nSPS) is 10.8. The van der Waals surface area contributed by atoms with Crippen molar-refractivity contribution >= 4 is 0 Å². The van der Waals surface area contributed by atoms with Gasteiger partial charge in [-0.3, -0.25) is 0 Å². The maximum atomic E-state index is 5.88. The molecule has 37 heavy (non-hydrogen) atoms. The van der Waals surface area contributed by atoms with E-state index in [0.717, 1.165) is 56.9 Å². The Balaban J connectivity index is 1.07. The zero-order valence-corrected chi connectivity index (χ0v) is 21.6. The maximum absolute atomic E-state index is 5.88. The third-order valence-corrected chi connectivity index (χ3v) is 6.22. The van der Waals surface area contributed by atoms with E-state index in [1.165, 1.54) is 22.3 Å². The van der Waals surface area contributed by atoms with Crippen LogP contribution >= 0.6 is 0 Å². The van der Waals surface area contributed by atoms with Gasteiger partial charge in [0, 0.05) is 13.1 Å². The van der Waals surface area contributed by atoms with Crippen LogP contribution in [0.1, 0.15) is 22.3 Å².